The van der Waals surface area contributed by atoms with Crippen molar-refractivity contribution >= 4 is 11.6 Å². The molecule has 3 rings (SSSR count). The molecule has 0 bridgehead atoms. The predicted molar refractivity (Wildman–Crippen MR) is 69.1 cm³/mol. The smallest absolute Gasteiger partial charge is 0.106 e. The molecule has 4 heteroatoms. The SMILES string of the molecule is Clc1ccc(-c2cnc(CC3CNC3)[nH]2)cc1. The average molecular weight is 248 g/mol. The molecule has 0 spiro atoms. The topological polar surface area (TPSA) is 40.7 Å². The van der Waals surface area contributed by atoms with E-state index in [0.717, 1.165) is 47.5 Å². The Bertz CT molecular complexity index is 500. The number of aromatic amines is 1. The molecule has 3 nitrogen and oxygen atoms in total. The molecule has 2 N–H and O–H groups in total. The minimum absolute atomic E-state index is 0.735. The fraction of sp³-hybridized carbons (Fsp3) is 0.308. The van der Waals surface area contributed by atoms with E-state index in [-0.39, 0.29) is 0 Å². The lowest BCUT2D eigenvalue weighted by Gasteiger charge is -2.25. The molecule has 1 aromatic heterocycles. The molecule has 88 valence electrons. The van der Waals surface area contributed by atoms with E-state index in [1.54, 1.807) is 0 Å². The summed E-state index contributed by atoms with van der Waals surface area (Å²) < 4.78 is 0. The molecule has 0 atom stereocenters. The first kappa shape index (κ1) is 10.8. The van der Waals surface area contributed by atoms with Crippen LogP contribution in [0.25, 0.3) is 11.3 Å². The minimum Gasteiger partial charge on any atom is -0.342 e. The predicted octanol–water partition coefficient (Wildman–Crippen LogP) is 2.49. The Morgan fingerprint density at radius 3 is 2.65 bits per heavy atom. The van der Waals surface area contributed by atoms with Crippen molar-refractivity contribution in [1.82, 2.24) is 15.3 Å². The van der Waals surface area contributed by atoms with Gasteiger partial charge in [0.2, 0.25) is 0 Å². The third-order valence-electron chi connectivity index (χ3n) is 3.13. The molecule has 1 fully saturated rings. The number of halogens is 1. The fourth-order valence-corrected chi connectivity index (χ4v) is 2.13. The van der Waals surface area contributed by atoms with Gasteiger partial charge in [0.25, 0.3) is 0 Å². The number of imidazole rings is 1. The van der Waals surface area contributed by atoms with Gasteiger partial charge >= 0.3 is 0 Å². The second kappa shape index (κ2) is 4.51. The van der Waals surface area contributed by atoms with E-state index in [1.165, 1.54) is 0 Å². The number of rotatable bonds is 3. The summed E-state index contributed by atoms with van der Waals surface area (Å²) in [4.78, 5) is 7.79. The third kappa shape index (κ3) is 2.35. The van der Waals surface area contributed by atoms with Crippen molar-refractivity contribution in [3.05, 3.63) is 41.3 Å². The first-order valence-electron chi connectivity index (χ1n) is 5.82. The Hall–Kier alpha value is -1.32. The van der Waals surface area contributed by atoms with Crippen molar-refractivity contribution in [2.24, 2.45) is 5.92 Å². The second-order valence-electron chi connectivity index (χ2n) is 4.48. The molecule has 1 aliphatic rings. The van der Waals surface area contributed by atoms with Crippen LogP contribution in [-0.2, 0) is 6.42 Å². The summed E-state index contributed by atoms with van der Waals surface area (Å²) in [7, 11) is 0. The molecular formula is C13H14ClN3. The zero-order valence-electron chi connectivity index (χ0n) is 9.41. The van der Waals surface area contributed by atoms with Gasteiger partial charge in [-0.25, -0.2) is 4.98 Å². The van der Waals surface area contributed by atoms with Gasteiger partial charge in [-0.3, -0.25) is 0 Å². The third-order valence-corrected chi connectivity index (χ3v) is 3.38. The number of hydrogen-bond acceptors (Lipinski definition) is 2. The maximum absolute atomic E-state index is 5.87. The number of aromatic nitrogens is 2. The van der Waals surface area contributed by atoms with Gasteiger partial charge in [0.05, 0.1) is 11.9 Å². The monoisotopic (exact) mass is 247 g/mol. The van der Waals surface area contributed by atoms with Crippen molar-refractivity contribution in [3.8, 4) is 11.3 Å². The quantitative estimate of drug-likeness (QED) is 0.875. The first-order valence-corrected chi connectivity index (χ1v) is 6.19. The van der Waals surface area contributed by atoms with E-state index in [2.05, 4.69) is 15.3 Å². The second-order valence-corrected chi connectivity index (χ2v) is 4.92. The first-order chi connectivity index (χ1) is 8.31. The molecule has 0 aliphatic carbocycles. The molecule has 1 aromatic carbocycles. The van der Waals surface area contributed by atoms with Crippen LogP contribution >= 0.6 is 11.6 Å². The van der Waals surface area contributed by atoms with E-state index >= 15 is 0 Å². The summed E-state index contributed by atoms with van der Waals surface area (Å²) in [5, 5.41) is 4.03. The Labute approximate surface area is 105 Å². The molecule has 0 amide bonds. The summed E-state index contributed by atoms with van der Waals surface area (Å²) >= 11 is 5.87. The Balaban J connectivity index is 1.76. The highest BCUT2D eigenvalue weighted by atomic mass is 35.5. The van der Waals surface area contributed by atoms with E-state index in [0.29, 0.717) is 0 Å². The van der Waals surface area contributed by atoms with E-state index in [4.69, 9.17) is 11.6 Å². The lowest BCUT2D eigenvalue weighted by atomic mass is 9.99. The van der Waals surface area contributed by atoms with Crippen LogP contribution in [0.3, 0.4) is 0 Å². The van der Waals surface area contributed by atoms with Crippen molar-refractivity contribution in [1.29, 1.82) is 0 Å². The molecule has 0 radical (unpaired) electrons. The Morgan fingerprint density at radius 2 is 2.00 bits per heavy atom. The Morgan fingerprint density at radius 1 is 1.24 bits per heavy atom. The van der Waals surface area contributed by atoms with Crippen LogP contribution < -0.4 is 5.32 Å². The number of benzene rings is 1. The molecule has 2 heterocycles. The highest BCUT2D eigenvalue weighted by Crippen LogP contribution is 2.20. The summed E-state index contributed by atoms with van der Waals surface area (Å²) in [5.41, 5.74) is 2.18. The van der Waals surface area contributed by atoms with Crippen molar-refractivity contribution < 1.29 is 0 Å². The van der Waals surface area contributed by atoms with Crippen LogP contribution in [0.1, 0.15) is 5.82 Å². The Kier molecular flexibility index (Phi) is 2.87. The summed E-state index contributed by atoms with van der Waals surface area (Å²) in [6, 6.07) is 7.80. The number of nitrogens with zero attached hydrogens (tertiary/aromatic N) is 1. The van der Waals surface area contributed by atoms with Crippen LogP contribution in [-0.4, -0.2) is 23.1 Å². The zero-order chi connectivity index (χ0) is 11.7. The highest BCUT2D eigenvalue weighted by Gasteiger charge is 2.18. The van der Waals surface area contributed by atoms with Crippen molar-refractivity contribution in [2.75, 3.05) is 13.1 Å². The average Bonchev–Trinajstić information content (AvgIpc) is 2.73. The number of nitrogens with one attached hydrogen (secondary N) is 2. The summed E-state index contributed by atoms with van der Waals surface area (Å²) in [5.74, 6) is 1.81. The number of H-pyrrole nitrogens is 1. The molecule has 17 heavy (non-hydrogen) atoms. The van der Waals surface area contributed by atoms with Crippen LogP contribution in [0.2, 0.25) is 5.02 Å². The van der Waals surface area contributed by atoms with Gasteiger partial charge in [0, 0.05) is 11.4 Å². The van der Waals surface area contributed by atoms with Crippen molar-refractivity contribution in [2.45, 2.75) is 6.42 Å². The van der Waals surface area contributed by atoms with E-state index in [9.17, 15) is 0 Å². The summed E-state index contributed by atoms with van der Waals surface area (Å²) in [6.45, 7) is 2.22. The van der Waals surface area contributed by atoms with E-state index in [1.807, 2.05) is 30.5 Å². The van der Waals surface area contributed by atoms with Gasteiger partial charge in [-0.05, 0) is 36.7 Å². The summed E-state index contributed by atoms with van der Waals surface area (Å²) in [6.07, 6.45) is 2.92. The molecule has 2 aromatic rings. The largest absolute Gasteiger partial charge is 0.342 e. The number of hydrogen-bond donors (Lipinski definition) is 2. The van der Waals surface area contributed by atoms with Gasteiger partial charge in [-0.1, -0.05) is 23.7 Å². The van der Waals surface area contributed by atoms with Gasteiger partial charge in [-0.15, -0.1) is 0 Å². The normalized spacial score (nSPS) is 15.8. The molecule has 0 saturated carbocycles. The molecule has 0 unspecified atom stereocenters. The minimum atomic E-state index is 0.735. The highest BCUT2D eigenvalue weighted by molar-refractivity contribution is 6.30. The van der Waals surface area contributed by atoms with Crippen LogP contribution in [0.4, 0.5) is 0 Å². The standard InChI is InChI=1S/C13H14ClN3/c14-11-3-1-10(2-4-11)12-8-16-13(17-12)5-9-6-15-7-9/h1-4,8-9,15H,5-7H2,(H,16,17). The van der Waals surface area contributed by atoms with Gasteiger partial charge in [0.15, 0.2) is 0 Å². The zero-order valence-corrected chi connectivity index (χ0v) is 10.2. The van der Waals surface area contributed by atoms with Crippen LogP contribution in [0.15, 0.2) is 30.5 Å². The lowest BCUT2D eigenvalue weighted by molar-refractivity contribution is 0.342. The molecule has 1 saturated heterocycles. The maximum atomic E-state index is 5.87. The van der Waals surface area contributed by atoms with Crippen LogP contribution in [0.5, 0.6) is 0 Å². The maximum Gasteiger partial charge on any atom is 0.106 e. The van der Waals surface area contributed by atoms with Crippen molar-refractivity contribution in [3.63, 3.8) is 0 Å². The molecular weight excluding hydrogens is 234 g/mol. The van der Waals surface area contributed by atoms with Gasteiger partial charge in [-0.2, -0.15) is 0 Å². The fourth-order valence-electron chi connectivity index (χ4n) is 2.01. The van der Waals surface area contributed by atoms with Gasteiger partial charge in [0.1, 0.15) is 5.82 Å². The van der Waals surface area contributed by atoms with Crippen LogP contribution in [0, 0.1) is 5.92 Å². The lowest BCUT2D eigenvalue weighted by Crippen LogP contribution is -2.43. The molecule has 1 aliphatic heterocycles. The van der Waals surface area contributed by atoms with Gasteiger partial charge < -0.3 is 10.3 Å². The van der Waals surface area contributed by atoms with E-state index < -0.39 is 0 Å².